The Hall–Kier alpha value is -0.710. The topological polar surface area (TPSA) is 70.1 Å². The molecule has 0 aromatic rings. The van der Waals surface area contributed by atoms with Crippen molar-refractivity contribution in [1.82, 2.24) is 0 Å². The van der Waals surface area contributed by atoms with Gasteiger partial charge in [0, 0.05) is 11.8 Å². The molecule has 2 N–H and O–H groups in total. The number of aliphatic hydroxyl groups excluding tert-OH is 2. The van der Waals surface area contributed by atoms with Crippen LogP contribution < -0.4 is 0 Å². The quantitative estimate of drug-likeness (QED) is 0.716. The van der Waals surface area contributed by atoms with E-state index in [-0.39, 0.29) is 46.9 Å². The van der Waals surface area contributed by atoms with Crippen LogP contribution in [0.25, 0.3) is 0 Å². The lowest BCUT2D eigenvalue weighted by Crippen LogP contribution is -2.58. The number of hydrogen-bond acceptors (Lipinski definition) is 4. The lowest BCUT2D eigenvalue weighted by molar-refractivity contribution is -0.135. The fraction of sp³-hybridized carbons (Fsp3) is 0.857. The Kier molecular flexibility index (Phi) is 3.27. The Balaban J connectivity index is 1.52. The first-order chi connectivity index (χ1) is 11.9. The maximum Gasteiger partial charge on any atom is 0.155 e. The van der Waals surface area contributed by atoms with Crippen molar-refractivity contribution in [3.8, 4) is 0 Å². The Morgan fingerprint density at radius 2 is 2.04 bits per heavy atom. The lowest BCUT2D eigenvalue weighted by Gasteiger charge is -2.59. The second-order valence-electron chi connectivity index (χ2n) is 9.79. The lowest BCUT2D eigenvalue weighted by atomic mass is 9.46. The van der Waals surface area contributed by atoms with E-state index in [1.54, 1.807) is 0 Å². The van der Waals surface area contributed by atoms with Gasteiger partial charge in [-0.05, 0) is 67.8 Å². The molecule has 4 aliphatic carbocycles. The van der Waals surface area contributed by atoms with E-state index in [9.17, 15) is 15.0 Å². The molecule has 4 heteroatoms. The van der Waals surface area contributed by atoms with Gasteiger partial charge in [-0.15, -0.1) is 0 Å². The number of rotatable bonds is 1. The van der Waals surface area contributed by atoms with Gasteiger partial charge < -0.3 is 14.9 Å². The third-order valence-corrected chi connectivity index (χ3v) is 9.06. The molecule has 138 valence electrons. The van der Waals surface area contributed by atoms with Crippen molar-refractivity contribution in [3.05, 3.63) is 11.6 Å². The maximum atomic E-state index is 11.9. The van der Waals surface area contributed by atoms with Gasteiger partial charge in [0.15, 0.2) is 5.78 Å². The summed E-state index contributed by atoms with van der Waals surface area (Å²) in [6, 6.07) is 0. The molecule has 0 bridgehead atoms. The second kappa shape index (κ2) is 4.96. The van der Waals surface area contributed by atoms with E-state index in [2.05, 4.69) is 13.8 Å². The summed E-state index contributed by atoms with van der Waals surface area (Å²) in [7, 11) is 0. The molecule has 0 radical (unpaired) electrons. The number of aliphatic hydroxyl groups is 2. The number of allylic oxidation sites excluding steroid dienone is 1. The van der Waals surface area contributed by atoms with Crippen molar-refractivity contribution in [2.45, 2.75) is 76.6 Å². The van der Waals surface area contributed by atoms with Gasteiger partial charge in [-0.2, -0.15) is 0 Å². The molecular weight excluding hydrogens is 316 g/mol. The highest BCUT2D eigenvalue weighted by atomic mass is 16.6. The van der Waals surface area contributed by atoms with Crippen LogP contribution in [0.2, 0.25) is 0 Å². The number of carbonyl (C=O) groups excluding carboxylic acids is 1. The molecule has 1 heterocycles. The van der Waals surface area contributed by atoms with Crippen LogP contribution in [0.4, 0.5) is 0 Å². The average Bonchev–Trinajstić information content (AvgIpc) is 3.22. The number of carbonyl (C=O) groups is 1. The smallest absolute Gasteiger partial charge is 0.155 e. The summed E-state index contributed by atoms with van der Waals surface area (Å²) in [6.45, 7) is 4.69. The van der Waals surface area contributed by atoms with Crippen LogP contribution in [0, 0.1) is 28.6 Å². The Morgan fingerprint density at radius 1 is 1.24 bits per heavy atom. The number of epoxide rings is 1. The molecule has 4 fully saturated rings. The van der Waals surface area contributed by atoms with Crippen molar-refractivity contribution >= 4 is 5.78 Å². The van der Waals surface area contributed by atoms with E-state index in [0.717, 1.165) is 38.5 Å². The van der Waals surface area contributed by atoms with Gasteiger partial charge in [-0.1, -0.05) is 19.4 Å². The molecule has 1 unspecified atom stereocenters. The minimum absolute atomic E-state index is 0.0197. The maximum absolute atomic E-state index is 11.9. The van der Waals surface area contributed by atoms with E-state index in [0.29, 0.717) is 18.3 Å². The van der Waals surface area contributed by atoms with Crippen LogP contribution in [0.15, 0.2) is 11.6 Å². The van der Waals surface area contributed by atoms with Crippen molar-refractivity contribution in [2.75, 3.05) is 6.61 Å². The summed E-state index contributed by atoms with van der Waals surface area (Å²) in [6.07, 6.45) is 8.05. The van der Waals surface area contributed by atoms with Crippen molar-refractivity contribution < 1.29 is 19.7 Å². The molecule has 0 aromatic carbocycles. The summed E-state index contributed by atoms with van der Waals surface area (Å²) >= 11 is 0. The standard InChI is InChI=1S/C21H30O4/c1-19-7-5-13(23)9-12(19)3-4-14-15-6-8-21(17(11-22)25-21)20(15,2)10-16(24)18(14)19/h9,14-18,22,24H,3-8,10-11H2,1-2H3/t14-,15-,16-,17?,18+,19-,20-,21-/m0/s1. The van der Waals surface area contributed by atoms with Crippen molar-refractivity contribution in [2.24, 2.45) is 28.6 Å². The van der Waals surface area contributed by atoms with Gasteiger partial charge in [0.1, 0.15) is 11.7 Å². The Morgan fingerprint density at radius 3 is 2.76 bits per heavy atom. The number of ether oxygens (including phenoxy) is 1. The monoisotopic (exact) mass is 346 g/mol. The van der Waals surface area contributed by atoms with Gasteiger partial charge in [0.05, 0.1) is 12.7 Å². The highest BCUT2D eigenvalue weighted by Crippen LogP contribution is 2.72. The highest BCUT2D eigenvalue weighted by molar-refractivity contribution is 5.91. The molecule has 5 rings (SSSR count). The zero-order valence-electron chi connectivity index (χ0n) is 15.3. The first-order valence-electron chi connectivity index (χ1n) is 10.1. The molecule has 3 saturated carbocycles. The van der Waals surface area contributed by atoms with Gasteiger partial charge in [0.25, 0.3) is 0 Å². The zero-order valence-corrected chi connectivity index (χ0v) is 15.3. The van der Waals surface area contributed by atoms with Crippen LogP contribution >= 0.6 is 0 Å². The zero-order chi connectivity index (χ0) is 17.6. The fourth-order valence-electron chi connectivity index (χ4n) is 7.84. The summed E-state index contributed by atoms with van der Waals surface area (Å²) in [5, 5.41) is 20.9. The molecule has 8 atom stereocenters. The predicted octanol–water partition coefficient (Wildman–Crippen LogP) is 2.62. The molecule has 1 spiro atoms. The summed E-state index contributed by atoms with van der Waals surface area (Å²) in [4.78, 5) is 11.9. The van der Waals surface area contributed by atoms with Crippen molar-refractivity contribution in [3.63, 3.8) is 0 Å². The first kappa shape index (κ1) is 16.5. The minimum atomic E-state index is -0.341. The number of ketones is 1. The molecule has 0 amide bonds. The van der Waals surface area contributed by atoms with Crippen LogP contribution in [-0.2, 0) is 9.53 Å². The molecule has 1 aliphatic heterocycles. The van der Waals surface area contributed by atoms with Gasteiger partial charge in [-0.25, -0.2) is 0 Å². The third kappa shape index (κ3) is 1.86. The Labute approximate surface area is 149 Å². The van der Waals surface area contributed by atoms with Crippen LogP contribution in [0.1, 0.15) is 58.8 Å². The number of hydrogen-bond donors (Lipinski definition) is 2. The Bertz CT molecular complexity index is 656. The molecule has 1 saturated heterocycles. The van der Waals surface area contributed by atoms with E-state index in [1.165, 1.54) is 5.57 Å². The van der Waals surface area contributed by atoms with E-state index in [4.69, 9.17) is 4.74 Å². The van der Waals surface area contributed by atoms with Gasteiger partial charge >= 0.3 is 0 Å². The molecule has 0 aromatic heterocycles. The highest BCUT2D eigenvalue weighted by Gasteiger charge is 2.75. The largest absolute Gasteiger partial charge is 0.394 e. The van der Waals surface area contributed by atoms with Crippen LogP contribution in [-0.4, -0.2) is 40.4 Å². The fourth-order valence-corrected chi connectivity index (χ4v) is 7.84. The van der Waals surface area contributed by atoms with Crippen LogP contribution in [0.3, 0.4) is 0 Å². The first-order valence-corrected chi connectivity index (χ1v) is 10.1. The van der Waals surface area contributed by atoms with E-state index >= 15 is 0 Å². The molecule has 4 nitrogen and oxygen atoms in total. The SMILES string of the molecule is C[C@]12CCC(=O)C=C1CC[C@@H]1[C@@H]2[C@@H](O)C[C@@]2(C)[C@H]1CC[C@@]21OC1CO. The summed E-state index contributed by atoms with van der Waals surface area (Å²) in [5.74, 6) is 1.60. The van der Waals surface area contributed by atoms with E-state index in [1.807, 2.05) is 6.08 Å². The van der Waals surface area contributed by atoms with Gasteiger partial charge in [0.2, 0.25) is 0 Å². The molecule has 25 heavy (non-hydrogen) atoms. The van der Waals surface area contributed by atoms with Gasteiger partial charge in [-0.3, -0.25) is 4.79 Å². The summed E-state index contributed by atoms with van der Waals surface area (Å²) < 4.78 is 6.04. The molecular formula is C21H30O4. The summed E-state index contributed by atoms with van der Waals surface area (Å²) in [5.41, 5.74) is 1.05. The minimum Gasteiger partial charge on any atom is -0.394 e. The average molecular weight is 346 g/mol. The number of fused-ring (bicyclic) bond motifs is 6. The second-order valence-corrected chi connectivity index (χ2v) is 9.79. The predicted molar refractivity (Wildman–Crippen MR) is 92.8 cm³/mol. The third-order valence-electron chi connectivity index (χ3n) is 9.06. The van der Waals surface area contributed by atoms with E-state index < -0.39 is 0 Å². The molecule has 5 aliphatic rings. The van der Waals surface area contributed by atoms with Crippen molar-refractivity contribution in [1.29, 1.82) is 0 Å². The normalized spacial score (nSPS) is 56.9. The van der Waals surface area contributed by atoms with Crippen LogP contribution in [0.5, 0.6) is 0 Å².